The molecule has 0 spiro atoms. The van der Waals surface area contributed by atoms with Gasteiger partial charge in [0.15, 0.2) is 0 Å². The van der Waals surface area contributed by atoms with E-state index in [1.165, 1.54) is 6.92 Å². The molecule has 0 aliphatic heterocycles. The number of nitrogens with two attached hydrogens (primary N) is 1. The summed E-state index contributed by atoms with van der Waals surface area (Å²) in [6, 6.07) is -0.731. The summed E-state index contributed by atoms with van der Waals surface area (Å²) in [4.78, 5) is 9.57. The van der Waals surface area contributed by atoms with Gasteiger partial charge in [0.25, 0.3) is 0 Å². The van der Waals surface area contributed by atoms with Gasteiger partial charge in [0.2, 0.25) is 0 Å². The Bertz CT molecular complexity index is 59.8. The lowest BCUT2D eigenvalue weighted by atomic mass is 11.0. The Labute approximate surface area is 35.8 Å². The Morgan fingerprint density at radius 1 is 2.00 bits per heavy atom. The molecule has 0 amide bonds. The van der Waals surface area contributed by atoms with Crippen LogP contribution < -0.4 is 5.73 Å². The van der Waals surface area contributed by atoms with Crippen LogP contribution in [0.2, 0.25) is 0 Å². The fourth-order valence-electron chi connectivity index (χ4n) is 0. The number of hydrogen-bond acceptors (Lipinski definition) is 2. The second kappa shape index (κ2) is 1.77. The Morgan fingerprint density at radius 3 is 2.17 bits per heavy atom. The zero-order chi connectivity index (χ0) is 5.15. The van der Waals surface area contributed by atoms with Gasteiger partial charge in [-0.2, -0.15) is 0 Å². The normalized spacial score (nSPS) is 13.7. The van der Waals surface area contributed by atoms with Crippen LogP contribution in [0, 0.1) is 0 Å². The van der Waals surface area contributed by atoms with Gasteiger partial charge in [0.05, 0.1) is 0 Å². The van der Waals surface area contributed by atoms with Crippen LogP contribution in [0.4, 0.5) is 0 Å². The molecule has 0 fully saturated rings. The van der Waals surface area contributed by atoms with Crippen molar-refractivity contribution in [3.63, 3.8) is 0 Å². The third-order valence-corrected chi connectivity index (χ3v) is 0.390. The van der Waals surface area contributed by atoms with Crippen LogP contribution in [-0.2, 0) is 4.79 Å². The molecule has 0 radical (unpaired) electrons. The fraction of sp³-hybridized carbons (Fsp3) is 0.667. The standard InChI is InChI=1S/C3H7NO2/c1-2(4)3(5)6/h2H,4H2,1H3,(H,5,6)/i2+1,3+1. The molecule has 36 valence electrons. The number of aliphatic carboxylic acids is 1. The molecule has 0 bridgehead atoms. The highest BCUT2D eigenvalue weighted by Crippen LogP contribution is 1.68. The second-order valence-corrected chi connectivity index (χ2v) is 1.13. The average molecular weight is 91.1 g/mol. The maximum atomic E-state index is 9.57. The van der Waals surface area contributed by atoms with Crippen molar-refractivity contribution >= 4 is 5.97 Å². The van der Waals surface area contributed by atoms with Gasteiger partial charge < -0.3 is 10.8 Å². The van der Waals surface area contributed by atoms with Crippen molar-refractivity contribution in [3.8, 4) is 0 Å². The molecule has 3 N–H and O–H groups in total. The summed E-state index contributed by atoms with van der Waals surface area (Å²) in [7, 11) is 0. The van der Waals surface area contributed by atoms with E-state index in [2.05, 4.69) is 0 Å². The van der Waals surface area contributed by atoms with Gasteiger partial charge >= 0.3 is 5.97 Å². The summed E-state index contributed by atoms with van der Waals surface area (Å²) in [6.07, 6.45) is 0. The van der Waals surface area contributed by atoms with Crippen LogP contribution in [0.3, 0.4) is 0 Å². The third-order valence-electron chi connectivity index (χ3n) is 0.390. The molecule has 1 unspecified atom stereocenters. The number of carboxylic acid groups (broad SMARTS) is 1. The predicted octanol–water partition coefficient (Wildman–Crippen LogP) is -0.582. The molecule has 0 aliphatic carbocycles. The van der Waals surface area contributed by atoms with E-state index in [1.807, 2.05) is 0 Å². The fourth-order valence-corrected chi connectivity index (χ4v) is 0. The number of hydrogen-bond donors (Lipinski definition) is 2. The van der Waals surface area contributed by atoms with Crippen molar-refractivity contribution in [2.45, 2.75) is 13.0 Å². The molecule has 0 saturated heterocycles. The minimum Gasteiger partial charge on any atom is -0.480 e. The van der Waals surface area contributed by atoms with Crippen LogP contribution in [0.25, 0.3) is 0 Å². The van der Waals surface area contributed by atoms with Gasteiger partial charge in [0.1, 0.15) is 6.04 Å². The van der Waals surface area contributed by atoms with Gasteiger partial charge in [-0.1, -0.05) is 0 Å². The highest BCUT2D eigenvalue weighted by Gasteiger charge is 1.99. The summed E-state index contributed by atoms with van der Waals surface area (Å²) in [5, 5.41) is 7.87. The van der Waals surface area contributed by atoms with Crippen LogP contribution in [-0.4, -0.2) is 17.1 Å². The highest BCUT2D eigenvalue weighted by atomic mass is 16.5. The summed E-state index contributed by atoms with van der Waals surface area (Å²) < 4.78 is 0. The molecule has 0 aromatic rings. The minimum atomic E-state index is -0.963. The van der Waals surface area contributed by atoms with E-state index >= 15 is 0 Å². The monoisotopic (exact) mass is 91.1 g/mol. The minimum absolute atomic E-state index is 0.731. The summed E-state index contributed by atoms with van der Waals surface area (Å²) in [5.41, 5.74) is 4.84. The molecular formula is C3H7NO2. The lowest BCUT2D eigenvalue weighted by Gasteiger charge is -1.90. The van der Waals surface area contributed by atoms with E-state index in [1.54, 1.807) is 0 Å². The predicted molar refractivity (Wildman–Crippen MR) is 21.3 cm³/mol. The average Bonchev–Trinajstić information content (AvgIpc) is 1.36. The Kier molecular flexibility index (Phi) is 1.60. The van der Waals surface area contributed by atoms with Crippen molar-refractivity contribution in [1.82, 2.24) is 0 Å². The molecule has 0 aromatic heterocycles. The molecule has 0 aromatic carbocycles. The van der Waals surface area contributed by atoms with Gasteiger partial charge in [-0.05, 0) is 6.92 Å². The lowest BCUT2D eigenvalue weighted by molar-refractivity contribution is -0.138. The first kappa shape index (κ1) is 5.43. The lowest BCUT2D eigenvalue weighted by Crippen LogP contribution is -2.25. The molecule has 3 heteroatoms. The smallest absolute Gasteiger partial charge is 0.320 e. The van der Waals surface area contributed by atoms with E-state index in [-0.39, 0.29) is 0 Å². The molecular weight excluding hydrogens is 84.0 g/mol. The van der Waals surface area contributed by atoms with Crippen LogP contribution in [0.15, 0.2) is 0 Å². The van der Waals surface area contributed by atoms with E-state index < -0.39 is 12.0 Å². The van der Waals surface area contributed by atoms with Gasteiger partial charge in [-0.15, -0.1) is 0 Å². The Balaban J connectivity index is 3.26. The number of carboxylic acids is 1. The summed E-state index contributed by atoms with van der Waals surface area (Å²) in [5.74, 6) is -0.963. The maximum absolute atomic E-state index is 9.57. The van der Waals surface area contributed by atoms with Crippen LogP contribution >= 0.6 is 0 Å². The van der Waals surface area contributed by atoms with Crippen molar-refractivity contribution < 1.29 is 9.90 Å². The van der Waals surface area contributed by atoms with Crippen molar-refractivity contribution in [3.05, 3.63) is 0 Å². The Hall–Kier alpha value is -0.570. The Morgan fingerprint density at radius 2 is 2.17 bits per heavy atom. The van der Waals surface area contributed by atoms with Crippen molar-refractivity contribution in [2.75, 3.05) is 0 Å². The first-order valence-electron chi connectivity index (χ1n) is 1.63. The van der Waals surface area contributed by atoms with Gasteiger partial charge in [-0.25, -0.2) is 0 Å². The zero-order valence-electron chi connectivity index (χ0n) is 3.51. The summed E-state index contributed by atoms with van der Waals surface area (Å²) >= 11 is 0. The first-order valence-corrected chi connectivity index (χ1v) is 1.63. The third kappa shape index (κ3) is 1.72. The van der Waals surface area contributed by atoms with E-state index in [9.17, 15) is 4.79 Å². The number of rotatable bonds is 1. The van der Waals surface area contributed by atoms with E-state index in [0.717, 1.165) is 0 Å². The molecule has 3 nitrogen and oxygen atoms in total. The molecule has 0 saturated carbocycles. The largest absolute Gasteiger partial charge is 0.480 e. The van der Waals surface area contributed by atoms with Gasteiger partial charge in [0, 0.05) is 0 Å². The molecule has 0 aliphatic rings. The van der Waals surface area contributed by atoms with Gasteiger partial charge in [-0.3, -0.25) is 4.79 Å². The summed E-state index contributed by atoms with van der Waals surface area (Å²) in [6.45, 7) is 1.42. The molecule has 0 heterocycles. The molecule has 6 heavy (non-hydrogen) atoms. The topological polar surface area (TPSA) is 63.3 Å². The van der Waals surface area contributed by atoms with Crippen LogP contribution in [0.5, 0.6) is 0 Å². The second-order valence-electron chi connectivity index (χ2n) is 1.13. The maximum Gasteiger partial charge on any atom is 0.320 e. The van der Waals surface area contributed by atoms with E-state index in [4.69, 9.17) is 10.8 Å². The quantitative estimate of drug-likeness (QED) is 0.424. The van der Waals surface area contributed by atoms with Crippen LogP contribution in [0.1, 0.15) is 6.92 Å². The van der Waals surface area contributed by atoms with Crippen molar-refractivity contribution in [2.24, 2.45) is 5.73 Å². The first-order chi connectivity index (χ1) is 2.64. The SMILES string of the molecule is C[13CH](N)[13C](=O)O. The highest BCUT2D eigenvalue weighted by molar-refractivity contribution is 5.72. The molecule has 0 rings (SSSR count). The van der Waals surface area contributed by atoms with Crippen molar-refractivity contribution in [1.29, 1.82) is 0 Å². The van der Waals surface area contributed by atoms with E-state index in [0.29, 0.717) is 0 Å². The molecule has 1 atom stereocenters. The number of carbonyl (C=O) groups is 1. The zero-order valence-corrected chi connectivity index (χ0v) is 3.51.